The number of carbonyl (C=O) groups is 2. The molecule has 0 aromatic carbocycles. The highest BCUT2D eigenvalue weighted by atomic mass is 32.1. The Morgan fingerprint density at radius 1 is 1.15 bits per heavy atom. The molecule has 0 bridgehead atoms. The summed E-state index contributed by atoms with van der Waals surface area (Å²) in [6, 6.07) is 0. The first-order valence-electron chi connectivity index (χ1n) is 11.0. The van der Waals surface area contributed by atoms with Gasteiger partial charge < -0.3 is 14.6 Å². The molecule has 0 atom stereocenters. The molecule has 3 aromatic rings. The molecule has 1 aliphatic carbocycles. The second-order valence-electron chi connectivity index (χ2n) is 8.23. The number of aryl methyl sites for hydroxylation is 3. The number of fused-ring (bicyclic) bond motifs is 2. The summed E-state index contributed by atoms with van der Waals surface area (Å²) in [5.74, 6) is -0.627. The Hall–Kier alpha value is -3.21. The average molecular weight is 474 g/mol. The first kappa shape index (κ1) is 23.0. The monoisotopic (exact) mass is 473 g/mol. The molecule has 33 heavy (non-hydrogen) atoms. The number of thiophene rings is 1. The van der Waals surface area contributed by atoms with Crippen LogP contribution in [0.2, 0.25) is 0 Å². The number of nitrogens with zero attached hydrogens (tertiary/aromatic N) is 4. The largest absolute Gasteiger partial charge is 0.465 e. The van der Waals surface area contributed by atoms with Gasteiger partial charge in [-0.25, -0.2) is 14.6 Å². The van der Waals surface area contributed by atoms with E-state index in [1.54, 1.807) is 11.6 Å². The van der Waals surface area contributed by atoms with Crippen LogP contribution in [0.4, 0.5) is 5.00 Å². The fourth-order valence-electron chi connectivity index (χ4n) is 4.31. The molecular formula is C22H27N5O5S. The lowest BCUT2D eigenvalue weighted by atomic mass is 10.1. The zero-order valence-electron chi connectivity index (χ0n) is 19.0. The number of amides is 1. The van der Waals surface area contributed by atoms with Crippen LogP contribution < -0.4 is 16.6 Å². The standard InChI is InChI=1S/C22H27N5O5S/c1-25-18-17(20(29)26(2)22(25)31)27(12-23-18)11-7-10-15(28)24-19-16(21(30)32-3)13-8-5-4-6-9-14(13)33-19/h12H,4-11H2,1-3H3,(H,24,28). The Morgan fingerprint density at radius 2 is 1.91 bits per heavy atom. The molecule has 1 aliphatic rings. The first-order valence-corrected chi connectivity index (χ1v) is 11.8. The zero-order valence-corrected chi connectivity index (χ0v) is 19.8. The van der Waals surface area contributed by atoms with Crippen LogP contribution in [-0.2, 0) is 43.0 Å². The van der Waals surface area contributed by atoms with E-state index in [1.807, 2.05) is 0 Å². The predicted molar refractivity (Wildman–Crippen MR) is 125 cm³/mol. The Balaban J connectivity index is 1.48. The van der Waals surface area contributed by atoms with Crippen LogP contribution in [0.15, 0.2) is 15.9 Å². The van der Waals surface area contributed by atoms with E-state index in [-0.39, 0.29) is 12.3 Å². The number of methoxy groups -OCH3 is 1. The summed E-state index contributed by atoms with van der Waals surface area (Å²) in [4.78, 5) is 55.1. The molecule has 0 spiro atoms. The van der Waals surface area contributed by atoms with E-state index in [9.17, 15) is 19.2 Å². The first-order chi connectivity index (χ1) is 15.8. The lowest BCUT2D eigenvalue weighted by Crippen LogP contribution is -2.37. The van der Waals surface area contributed by atoms with Gasteiger partial charge in [-0.3, -0.25) is 18.7 Å². The molecular weight excluding hydrogens is 446 g/mol. The summed E-state index contributed by atoms with van der Waals surface area (Å²) in [5.41, 5.74) is 1.28. The Kier molecular flexibility index (Phi) is 6.50. The maximum atomic E-state index is 12.7. The number of ether oxygens (including phenoxy) is 1. The van der Waals surface area contributed by atoms with Gasteiger partial charge in [-0.2, -0.15) is 0 Å². The number of esters is 1. The fraction of sp³-hybridized carbons (Fsp3) is 0.500. The van der Waals surface area contributed by atoms with Gasteiger partial charge in [0.05, 0.1) is 19.0 Å². The smallest absolute Gasteiger partial charge is 0.341 e. The molecule has 0 unspecified atom stereocenters. The van der Waals surface area contributed by atoms with Crippen molar-refractivity contribution < 1.29 is 14.3 Å². The Bertz CT molecular complexity index is 1350. The Labute approximate surface area is 193 Å². The third kappa shape index (κ3) is 4.24. The molecule has 11 heteroatoms. The molecule has 10 nitrogen and oxygen atoms in total. The molecule has 176 valence electrons. The number of anilines is 1. The normalized spacial score (nSPS) is 13.5. The van der Waals surface area contributed by atoms with Crippen molar-refractivity contribution in [3.05, 3.63) is 43.2 Å². The van der Waals surface area contributed by atoms with Gasteiger partial charge in [-0.05, 0) is 37.7 Å². The molecule has 0 radical (unpaired) electrons. The van der Waals surface area contributed by atoms with Crippen LogP contribution in [0, 0.1) is 0 Å². The summed E-state index contributed by atoms with van der Waals surface area (Å²) in [6.07, 6.45) is 7.12. The summed E-state index contributed by atoms with van der Waals surface area (Å²) in [7, 11) is 4.34. The van der Waals surface area contributed by atoms with Crippen molar-refractivity contribution in [1.82, 2.24) is 18.7 Å². The van der Waals surface area contributed by atoms with Crippen LogP contribution >= 0.6 is 11.3 Å². The van der Waals surface area contributed by atoms with Crippen LogP contribution in [-0.4, -0.2) is 37.7 Å². The molecule has 1 N–H and O–H groups in total. The molecule has 4 rings (SSSR count). The quantitative estimate of drug-likeness (QED) is 0.432. The Morgan fingerprint density at radius 3 is 2.67 bits per heavy atom. The van der Waals surface area contributed by atoms with Crippen molar-refractivity contribution in [3.8, 4) is 0 Å². The molecule has 0 fully saturated rings. The summed E-state index contributed by atoms with van der Waals surface area (Å²) in [6.45, 7) is 0.391. The van der Waals surface area contributed by atoms with Crippen molar-refractivity contribution in [2.45, 2.75) is 51.5 Å². The maximum absolute atomic E-state index is 12.7. The molecule has 0 aliphatic heterocycles. The number of aromatic nitrogens is 4. The lowest BCUT2D eigenvalue weighted by molar-refractivity contribution is -0.116. The number of rotatable bonds is 6. The summed E-state index contributed by atoms with van der Waals surface area (Å²) < 4.78 is 9.02. The topological polar surface area (TPSA) is 117 Å². The van der Waals surface area contributed by atoms with Gasteiger partial charge in [0.1, 0.15) is 5.00 Å². The highest BCUT2D eigenvalue weighted by molar-refractivity contribution is 7.17. The van der Waals surface area contributed by atoms with Gasteiger partial charge in [-0.1, -0.05) is 6.42 Å². The van der Waals surface area contributed by atoms with Gasteiger partial charge in [0.2, 0.25) is 5.91 Å². The van der Waals surface area contributed by atoms with E-state index in [1.165, 1.54) is 36.4 Å². The lowest BCUT2D eigenvalue weighted by Gasteiger charge is -2.08. The molecule has 0 saturated carbocycles. The van der Waals surface area contributed by atoms with Crippen LogP contribution in [0.1, 0.15) is 52.9 Å². The van der Waals surface area contributed by atoms with E-state index < -0.39 is 17.2 Å². The van der Waals surface area contributed by atoms with E-state index in [0.29, 0.717) is 34.7 Å². The highest BCUT2D eigenvalue weighted by Gasteiger charge is 2.26. The van der Waals surface area contributed by atoms with E-state index in [4.69, 9.17) is 4.74 Å². The van der Waals surface area contributed by atoms with Crippen LogP contribution in [0.5, 0.6) is 0 Å². The van der Waals surface area contributed by atoms with Crippen molar-refractivity contribution in [1.29, 1.82) is 0 Å². The summed E-state index contributed by atoms with van der Waals surface area (Å²) >= 11 is 1.46. The van der Waals surface area contributed by atoms with Gasteiger partial charge >= 0.3 is 11.7 Å². The zero-order chi connectivity index (χ0) is 23.7. The minimum absolute atomic E-state index is 0.203. The number of hydrogen-bond donors (Lipinski definition) is 1. The summed E-state index contributed by atoms with van der Waals surface area (Å²) in [5, 5.41) is 3.45. The predicted octanol–water partition coefficient (Wildman–Crippen LogP) is 1.97. The van der Waals surface area contributed by atoms with Crippen molar-refractivity contribution in [3.63, 3.8) is 0 Å². The van der Waals surface area contributed by atoms with E-state index >= 15 is 0 Å². The fourth-order valence-corrected chi connectivity index (χ4v) is 5.61. The highest BCUT2D eigenvalue weighted by Crippen LogP contribution is 2.38. The van der Waals surface area contributed by atoms with Crippen molar-refractivity contribution in [2.24, 2.45) is 14.1 Å². The molecule has 3 aromatic heterocycles. The average Bonchev–Trinajstić information content (AvgIpc) is 3.29. The SMILES string of the molecule is COC(=O)c1c(NC(=O)CCCn2cnc3c2c(=O)n(C)c(=O)n3C)sc2c1CCCCC2. The van der Waals surface area contributed by atoms with Crippen LogP contribution in [0.25, 0.3) is 11.2 Å². The maximum Gasteiger partial charge on any atom is 0.341 e. The number of carbonyl (C=O) groups excluding carboxylic acids is 2. The number of nitrogens with one attached hydrogen (secondary N) is 1. The minimum atomic E-state index is -0.437. The third-order valence-corrected chi connectivity index (χ3v) is 7.29. The minimum Gasteiger partial charge on any atom is -0.465 e. The van der Waals surface area contributed by atoms with E-state index in [0.717, 1.165) is 47.1 Å². The van der Waals surface area contributed by atoms with E-state index in [2.05, 4.69) is 10.3 Å². The van der Waals surface area contributed by atoms with Gasteiger partial charge in [0, 0.05) is 31.9 Å². The third-order valence-electron chi connectivity index (χ3n) is 6.08. The number of imidazole rings is 1. The van der Waals surface area contributed by atoms with Crippen molar-refractivity contribution >= 4 is 39.4 Å². The second kappa shape index (κ2) is 9.34. The van der Waals surface area contributed by atoms with Gasteiger partial charge in [-0.15, -0.1) is 11.3 Å². The molecule has 3 heterocycles. The van der Waals surface area contributed by atoms with Gasteiger partial charge in [0.25, 0.3) is 5.56 Å². The number of hydrogen-bond acceptors (Lipinski definition) is 7. The molecule has 0 saturated heterocycles. The van der Waals surface area contributed by atoms with Crippen molar-refractivity contribution in [2.75, 3.05) is 12.4 Å². The van der Waals surface area contributed by atoms with Gasteiger partial charge in [0.15, 0.2) is 11.2 Å². The van der Waals surface area contributed by atoms with Crippen LogP contribution in [0.3, 0.4) is 0 Å². The molecule has 1 amide bonds. The second-order valence-corrected chi connectivity index (χ2v) is 9.33.